The first-order chi connectivity index (χ1) is 9.07. The molecule has 0 aliphatic carbocycles. The Labute approximate surface area is 113 Å². The minimum atomic E-state index is -2.38. The van der Waals surface area contributed by atoms with Crippen LogP contribution < -0.4 is 4.57 Å². The summed E-state index contributed by atoms with van der Waals surface area (Å²) in [6, 6.07) is 0.832. The molecule has 0 radical (unpaired) electrons. The fraction of sp³-hybridized carbons (Fsp3) is 0.700. The van der Waals surface area contributed by atoms with E-state index in [4.69, 9.17) is 23.4 Å². The van der Waals surface area contributed by atoms with E-state index in [1.807, 2.05) is 17.8 Å². The first kappa shape index (κ1) is 17.7. The van der Waals surface area contributed by atoms with Crippen LogP contribution in [0.15, 0.2) is 24.1 Å². The maximum atomic E-state index is 8.00. The third-order valence-electron chi connectivity index (χ3n) is 2.66. The highest BCUT2D eigenvalue weighted by atomic mass is 28.4. The zero-order valence-corrected chi connectivity index (χ0v) is 12.7. The molecule has 0 saturated carbocycles. The number of hydrogen-bond acceptors (Lipinski definition) is 6. The van der Waals surface area contributed by atoms with E-state index in [9.17, 15) is 0 Å². The van der Waals surface area contributed by atoms with Gasteiger partial charge in [0.2, 0.25) is 6.33 Å². The topological polar surface area (TPSA) is 89.0 Å². The average Bonchev–Trinajstić information content (AvgIpc) is 2.82. The second-order valence-electron chi connectivity index (χ2n) is 3.79. The molecule has 1 aromatic heterocycles. The summed E-state index contributed by atoms with van der Waals surface area (Å²) in [4.78, 5) is 8.00. The predicted octanol–water partition coefficient (Wildman–Crippen LogP) is 0.831. The number of hydrogen-bond donors (Lipinski definition) is 0. The number of nitrogens with zero attached hydrogens (tertiary/aromatic N) is 3. The summed E-state index contributed by atoms with van der Waals surface area (Å²) in [5, 5.41) is 9.00. The van der Waals surface area contributed by atoms with Gasteiger partial charge in [0.25, 0.3) is 0 Å². The minimum Gasteiger partial charge on any atom is -0.444 e. The van der Waals surface area contributed by atoms with Gasteiger partial charge in [-0.25, -0.2) is 9.13 Å². The Morgan fingerprint density at radius 1 is 1.32 bits per heavy atom. The van der Waals surface area contributed by atoms with Crippen molar-refractivity contribution >= 4 is 8.80 Å². The summed E-state index contributed by atoms with van der Waals surface area (Å²) in [7, 11) is 4.57. The zero-order valence-electron chi connectivity index (χ0n) is 11.7. The summed E-state index contributed by atoms with van der Waals surface area (Å²) >= 11 is 0. The Bertz CT molecular complexity index is 348. The highest BCUT2D eigenvalue weighted by molar-refractivity contribution is 6.60. The molecular weight excluding hydrogens is 270 g/mol. The van der Waals surface area contributed by atoms with Crippen LogP contribution >= 0.6 is 0 Å². The van der Waals surface area contributed by atoms with Gasteiger partial charge in [-0.05, 0) is 6.42 Å². The number of aryl methyl sites for hydroxylation is 2. The van der Waals surface area contributed by atoms with Crippen LogP contribution in [0.4, 0.5) is 0 Å². The van der Waals surface area contributed by atoms with Crippen LogP contribution in [-0.4, -0.2) is 34.7 Å². The van der Waals surface area contributed by atoms with Gasteiger partial charge in [0.05, 0.1) is 13.6 Å². The lowest BCUT2D eigenvalue weighted by Gasteiger charge is -2.23. The first-order valence-corrected chi connectivity index (χ1v) is 7.62. The van der Waals surface area contributed by atoms with Gasteiger partial charge in [-0.3, -0.25) is 0 Å². The van der Waals surface area contributed by atoms with Gasteiger partial charge in [0, 0.05) is 27.4 Å². The Hall–Kier alpha value is -1.29. The second kappa shape index (κ2) is 9.61. The molecule has 0 bridgehead atoms. The number of aromatic nitrogens is 2. The summed E-state index contributed by atoms with van der Waals surface area (Å²) in [6.07, 6.45) is 7.11. The smallest absolute Gasteiger partial charge is 0.444 e. The molecule has 0 amide bonds. The molecule has 0 fully saturated rings. The largest absolute Gasteiger partial charge is 0.500 e. The highest BCUT2D eigenvalue weighted by Crippen LogP contribution is 2.15. The van der Waals surface area contributed by atoms with Crippen molar-refractivity contribution in [2.45, 2.75) is 19.0 Å². The van der Waals surface area contributed by atoms with Gasteiger partial charge >= 0.3 is 8.80 Å². The molecule has 0 unspecified atom stereocenters. The second-order valence-corrected chi connectivity index (χ2v) is 6.88. The van der Waals surface area contributed by atoms with Gasteiger partial charge in [0.15, 0.2) is 0 Å². The van der Waals surface area contributed by atoms with E-state index >= 15 is 0 Å². The monoisotopic (exact) mass is 291 g/mol. The lowest BCUT2D eigenvalue weighted by atomic mass is 10.5. The molecule has 0 aromatic carbocycles. The average molecular weight is 291 g/mol. The molecule has 9 heteroatoms. The number of imidazole rings is 1. The molecule has 0 saturated heterocycles. The van der Waals surface area contributed by atoms with Crippen molar-refractivity contribution < 1.29 is 17.8 Å². The van der Waals surface area contributed by atoms with Crippen LogP contribution in [0.3, 0.4) is 0 Å². The van der Waals surface area contributed by atoms with E-state index in [1.54, 1.807) is 21.3 Å². The van der Waals surface area contributed by atoms with E-state index in [-0.39, 0.29) is 0 Å². The van der Waals surface area contributed by atoms with Gasteiger partial charge < -0.3 is 23.4 Å². The Balaban J connectivity index is 0.000000982. The summed E-state index contributed by atoms with van der Waals surface area (Å²) in [5.41, 5.74) is 0. The van der Waals surface area contributed by atoms with Crippen molar-refractivity contribution in [3.63, 3.8) is 0 Å². The maximum Gasteiger partial charge on any atom is 0.500 e. The van der Waals surface area contributed by atoms with Crippen molar-refractivity contribution in [3.05, 3.63) is 28.8 Å². The minimum absolute atomic E-state index is 0.832. The van der Waals surface area contributed by atoms with Gasteiger partial charge in [-0.1, -0.05) is 0 Å². The molecule has 1 heterocycles. The van der Waals surface area contributed by atoms with Crippen molar-refractivity contribution in [2.24, 2.45) is 12.4 Å². The third kappa shape index (κ3) is 6.43. The van der Waals surface area contributed by atoms with Gasteiger partial charge in [0.1, 0.15) is 12.4 Å². The molecule has 0 aliphatic heterocycles. The normalized spacial score (nSPS) is 10.7. The molecule has 0 spiro atoms. The summed E-state index contributed by atoms with van der Waals surface area (Å²) in [5.74, 6) is 0. The summed E-state index contributed by atoms with van der Waals surface area (Å²) < 4.78 is 20.2. The van der Waals surface area contributed by atoms with Crippen LogP contribution in [0.5, 0.6) is 0 Å². The molecule has 110 valence electrons. The van der Waals surface area contributed by atoms with E-state index in [0.29, 0.717) is 0 Å². The first-order valence-electron chi connectivity index (χ1n) is 5.69. The predicted molar refractivity (Wildman–Crippen MR) is 71.0 cm³/mol. The van der Waals surface area contributed by atoms with Crippen LogP contribution in [-0.2, 0) is 26.9 Å². The number of rotatable bonds is 7. The molecular formula is C10H21N3O5Si. The quantitative estimate of drug-likeness (QED) is 0.321. The SMILES string of the molecule is CO[Si](CCCn1cc[n+](C)c1)(OC)OC.O=N[O-]. The lowest BCUT2D eigenvalue weighted by Crippen LogP contribution is -2.42. The van der Waals surface area contributed by atoms with Crippen LogP contribution in [0.2, 0.25) is 6.04 Å². The van der Waals surface area contributed by atoms with E-state index in [2.05, 4.69) is 17.1 Å². The molecule has 19 heavy (non-hydrogen) atoms. The van der Waals surface area contributed by atoms with Crippen molar-refractivity contribution in [2.75, 3.05) is 21.3 Å². The molecule has 0 N–H and O–H groups in total. The van der Waals surface area contributed by atoms with Crippen molar-refractivity contribution in [1.82, 2.24) is 4.57 Å². The van der Waals surface area contributed by atoms with Crippen molar-refractivity contribution in [1.29, 1.82) is 0 Å². The summed E-state index contributed by atoms with van der Waals surface area (Å²) in [6.45, 7) is 0.950. The zero-order chi connectivity index (χ0) is 14.7. The Kier molecular flexibility index (Phi) is 8.96. The van der Waals surface area contributed by atoms with Crippen LogP contribution in [0.1, 0.15) is 6.42 Å². The standard InChI is InChI=1S/C10H21N2O3Si.HNO2/c1-11-7-8-12(10-11)6-5-9-16(13-2,14-3)15-4;2-1-3/h7-8,10H,5-6,9H2,1-4H3;(H,2,3)/q+1;/p-1. The van der Waals surface area contributed by atoms with E-state index < -0.39 is 8.80 Å². The fourth-order valence-electron chi connectivity index (χ4n) is 1.67. The fourth-order valence-corrected chi connectivity index (χ4v) is 3.37. The van der Waals surface area contributed by atoms with Crippen LogP contribution in [0, 0.1) is 10.1 Å². The molecule has 1 aromatic rings. The lowest BCUT2D eigenvalue weighted by molar-refractivity contribution is -0.671. The van der Waals surface area contributed by atoms with Gasteiger partial charge in [-0.15, -0.1) is 5.34 Å². The van der Waals surface area contributed by atoms with Gasteiger partial charge in [-0.2, -0.15) is 0 Å². The highest BCUT2D eigenvalue weighted by Gasteiger charge is 2.37. The molecule has 0 aliphatic rings. The van der Waals surface area contributed by atoms with E-state index in [0.717, 1.165) is 24.3 Å². The Morgan fingerprint density at radius 3 is 2.21 bits per heavy atom. The molecule has 8 nitrogen and oxygen atoms in total. The molecule has 1 rings (SSSR count). The third-order valence-corrected chi connectivity index (χ3v) is 5.49. The van der Waals surface area contributed by atoms with Crippen molar-refractivity contribution in [3.8, 4) is 0 Å². The Morgan fingerprint density at radius 2 is 1.84 bits per heavy atom. The van der Waals surface area contributed by atoms with Crippen LogP contribution in [0.25, 0.3) is 0 Å². The van der Waals surface area contributed by atoms with E-state index in [1.165, 1.54) is 0 Å². The molecule has 0 atom stereocenters. The maximum absolute atomic E-state index is 8.00.